The van der Waals surface area contributed by atoms with E-state index in [4.69, 9.17) is 5.11 Å². The summed E-state index contributed by atoms with van der Waals surface area (Å²) in [5.41, 5.74) is 0. The van der Waals surface area contributed by atoms with Gasteiger partial charge in [0, 0.05) is 17.0 Å². The molecule has 1 aliphatic rings. The number of aliphatic hydroxyl groups excluding tert-OH is 1. The van der Waals surface area contributed by atoms with E-state index >= 15 is 0 Å². The molecule has 0 spiro atoms. The summed E-state index contributed by atoms with van der Waals surface area (Å²) in [6.07, 6.45) is 2.63. The lowest BCUT2D eigenvalue weighted by atomic mass is 9.80. The summed E-state index contributed by atoms with van der Waals surface area (Å²) in [4.78, 5) is 0. The van der Waals surface area contributed by atoms with Gasteiger partial charge in [0.25, 0.3) is 0 Å². The third-order valence-corrected chi connectivity index (χ3v) is 4.85. The topological polar surface area (TPSA) is 32.3 Å². The molecule has 0 aliphatic heterocycles. The molecule has 0 aromatic rings. The van der Waals surface area contributed by atoms with Crippen LogP contribution >= 0.6 is 11.8 Å². The number of nitrogens with one attached hydrogen (secondary N) is 1. The number of hydrogen-bond donors (Lipinski definition) is 2. The maximum Gasteiger partial charge on any atom is 0.0521 e. The molecule has 0 amide bonds. The second-order valence-corrected chi connectivity index (χ2v) is 6.06. The van der Waals surface area contributed by atoms with E-state index in [0.717, 1.165) is 24.1 Å². The van der Waals surface area contributed by atoms with E-state index in [1.54, 1.807) is 0 Å². The molecular formula is C12H25NOS. The van der Waals surface area contributed by atoms with Crippen LogP contribution in [0.2, 0.25) is 0 Å². The average Bonchev–Trinajstić information content (AvgIpc) is 2.17. The van der Waals surface area contributed by atoms with Gasteiger partial charge in [-0.1, -0.05) is 20.8 Å². The summed E-state index contributed by atoms with van der Waals surface area (Å²) in [6, 6.07) is 0.644. The monoisotopic (exact) mass is 231 g/mol. The molecule has 1 fully saturated rings. The van der Waals surface area contributed by atoms with Gasteiger partial charge in [0.15, 0.2) is 0 Å². The number of rotatable bonds is 5. The minimum absolute atomic E-state index is 0.308. The van der Waals surface area contributed by atoms with Crippen molar-refractivity contribution in [3.63, 3.8) is 0 Å². The molecule has 1 saturated carbocycles. The minimum atomic E-state index is 0.308. The van der Waals surface area contributed by atoms with Crippen molar-refractivity contribution in [2.45, 2.75) is 44.9 Å². The fraction of sp³-hybridized carbons (Fsp3) is 1.00. The van der Waals surface area contributed by atoms with Crippen LogP contribution in [-0.2, 0) is 0 Å². The van der Waals surface area contributed by atoms with Gasteiger partial charge in [-0.05, 0) is 31.2 Å². The van der Waals surface area contributed by atoms with Gasteiger partial charge >= 0.3 is 0 Å². The van der Waals surface area contributed by atoms with Gasteiger partial charge in [0.05, 0.1) is 6.61 Å². The number of aliphatic hydroxyl groups is 1. The standard InChI is InChI=1S/C12H25NOS/c1-4-13-11-8-9(2)7-10(3)12(11)15-6-5-14/h9-14H,4-8H2,1-3H3. The van der Waals surface area contributed by atoms with Gasteiger partial charge in [0.1, 0.15) is 0 Å². The Kier molecular flexibility index (Phi) is 6.02. The van der Waals surface area contributed by atoms with Crippen LogP contribution in [0, 0.1) is 11.8 Å². The van der Waals surface area contributed by atoms with Crippen LogP contribution in [0.3, 0.4) is 0 Å². The highest BCUT2D eigenvalue weighted by atomic mass is 32.2. The number of thioether (sulfide) groups is 1. The van der Waals surface area contributed by atoms with E-state index in [-0.39, 0.29) is 0 Å². The van der Waals surface area contributed by atoms with Crippen LogP contribution in [0.25, 0.3) is 0 Å². The Hall–Kier alpha value is 0.270. The predicted molar refractivity (Wildman–Crippen MR) is 68.4 cm³/mol. The van der Waals surface area contributed by atoms with Crippen molar-refractivity contribution in [2.24, 2.45) is 11.8 Å². The van der Waals surface area contributed by atoms with Crippen molar-refractivity contribution in [1.29, 1.82) is 0 Å². The molecule has 0 saturated heterocycles. The normalized spacial score (nSPS) is 36.8. The Morgan fingerprint density at radius 3 is 2.67 bits per heavy atom. The van der Waals surface area contributed by atoms with Gasteiger partial charge in [-0.3, -0.25) is 0 Å². The van der Waals surface area contributed by atoms with Crippen LogP contribution in [0.1, 0.15) is 33.6 Å². The van der Waals surface area contributed by atoms with E-state index in [0.29, 0.717) is 17.9 Å². The third-order valence-electron chi connectivity index (χ3n) is 3.26. The van der Waals surface area contributed by atoms with Crippen molar-refractivity contribution in [3.05, 3.63) is 0 Å². The second kappa shape index (κ2) is 6.77. The van der Waals surface area contributed by atoms with E-state index in [2.05, 4.69) is 26.1 Å². The summed E-state index contributed by atoms with van der Waals surface area (Å²) >= 11 is 1.94. The van der Waals surface area contributed by atoms with Crippen molar-refractivity contribution < 1.29 is 5.11 Å². The van der Waals surface area contributed by atoms with Crippen molar-refractivity contribution >= 4 is 11.8 Å². The van der Waals surface area contributed by atoms with E-state index in [1.807, 2.05) is 11.8 Å². The fourth-order valence-corrected chi connectivity index (χ4v) is 4.02. The predicted octanol–water partition coefficient (Wildman–Crippen LogP) is 2.12. The van der Waals surface area contributed by atoms with Crippen molar-refractivity contribution in [1.82, 2.24) is 5.32 Å². The van der Waals surface area contributed by atoms with E-state index < -0.39 is 0 Å². The van der Waals surface area contributed by atoms with E-state index in [9.17, 15) is 0 Å². The molecule has 2 N–H and O–H groups in total. The first kappa shape index (κ1) is 13.3. The van der Waals surface area contributed by atoms with Crippen molar-refractivity contribution in [3.8, 4) is 0 Å². The molecule has 4 unspecified atom stereocenters. The van der Waals surface area contributed by atoms with Crippen LogP contribution in [0.15, 0.2) is 0 Å². The summed E-state index contributed by atoms with van der Waals surface area (Å²) in [5.74, 6) is 2.50. The Morgan fingerprint density at radius 2 is 2.07 bits per heavy atom. The van der Waals surface area contributed by atoms with Crippen LogP contribution in [-0.4, -0.2) is 35.3 Å². The molecule has 0 bridgehead atoms. The smallest absolute Gasteiger partial charge is 0.0521 e. The molecule has 1 rings (SSSR count). The zero-order valence-corrected chi connectivity index (χ0v) is 11.0. The average molecular weight is 231 g/mol. The SMILES string of the molecule is CCNC1CC(C)CC(C)C1SCCO. The minimum Gasteiger partial charge on any atom is -0.396 e. The molecule has 3 heteroatoms. The lowest BCUT2D eigenvalue weighted by Crippen LogP contribution is -2.46. The highest BCUT2D eigenvalue weighted by Crippen LogP contribution is 2.36. The van der Waals surface area contributed by atoms with Gasteiger partial charge in [-0.25, -0.2) is 0 Å². The summed E-state index contributed by atoms with van der Waals surface area (Å²) < 4.78 is 0. The Labute approximate surface area is 98.2 Å². The molecule has 15 heavy (non-hydrogen) atoms. The molecule has 0 aromatic carbocycles. The first-order valence-corrected chi connectivity index (χ1v) is 7.19. The molecule has 0 heterocycles. The maximum atomic E-state index is 8.91. The molecule has 90 valence electrons. The first-order chi connectivity index (χ1) is 7.19. The summed E-state index contributed by atoms with van der Waals surface area (Å²) in [5, 5.41) is 13.2. The summed E-state index contributed by atoms with van der Waals surface area (Å²) in [6.45, 7) is 8.25. The van der Waals surface area contributed by atoms with Crippen molar-refractivity contribution in [2.75, 3.05) is 18.9 Å². The summed E-state index contributed by atoms with van der Waals surface area (Å²) in [7, 11) is 0. The molecule has 0 aromatic heterocycles. The lowest BCUT2D eigenvalue weighted by Gasteiger charge is -2.39. The van der Waals surface area contributed by atoms with Crippen LogP contribution in [0.5, 0.6) is 0 Å². The molecule has 0 radical (unpaired) electrons. The zero-order valence-electron chi connectivity index (χ0n) is 10.2. The van der Waals surface area contributed by atoms with Gasteiger partial charge in [-0.2, -0.15) is 11.8 Å². The molecule has 1 aliphatic carbocycles. The Morgan fingerprint density at radius 1 is 1.33 bits per heavy atom. The molecular weight excluding hydrogens is 206 g/mol. The second-order valence-electron chi connectivity index (χ2n) is 4.78. The molecule has 4 atom stereocenters. The van der Waals surface area contributed by atoms with E-state index in [1.165, 1.54) is 12.8 Å². The third kappa shape index (κ3) is 3.97. The molecule has 2 nitrogen and oxygen atoms in total. The zero-order chi connectivity index (χ0) is 11.3. The Balaban J connectivity index is 2.51. The van der Waals surface area contributed by atoms with Crippen LogP contribution < -0.4 is 5.32 Å². The Bertz CT molecular complexity index is 177. The first-order valence-electron chi connectivity index (χ1n) is 6.14. The quantitative estimate of drug-likeness (QED) is 0.760. The lowest BCUT2D eigenvalue weighted by molar-refractivity contribution is 0.250. The highest BCUT2D eigenvalue weighted by molar-refractivity contribution is 8.00. The largest absolute Gasteiger partial charge is 0.396 e. The highest BCUT2D eigenvalue weighted by Gasteiger charge is 2.33. The number of hydrogen-bond acceptors (Lipinski definition) is 3. The fourth-order valence-electron chi connectivity index (χ4n) is 2.76. The van der Waals surface area contributed by atoms with Gasteiger partial charge in [0.2, 0.25) is 0 Å². The van der Waals surface area contributed by atoms with Gasteiger partial charge < -0.3 is 10.4 Å². The maximum absolute atomic E-state index is 8.91. The van der Waals surface area contributed by atoms with Crippen LogP contribution in [0.4, 0.5) is 0 Å². The van der Waals surface area contributed by atoms with Gasteiger partial charge in [-0.15, -0.1) is 0 Å².